The van der Waals surface area contributed by atoms with Gasteiger partial charge in [0, 0.05) is 79.0 Å². The topological polar surface area (TPSA) is 73.6 Å². The number of nitrogens with zero attached hydrogens (tertiary/aromatic N) is 6. The molecule has 5 aromatic heterocycles. The summed E-state index contributed by atoms with van der Waals surface area (Å²) >= 11 is 0. The molecular formula is C66H38N6O. The van der Waals surface area contributed by atoms with Crippen LogP contribution in [0.3, 0.4) is 0 Å². The van der Waals surface area contributed by atoms with Crippen LogP contribution in [0.4, 0.5) is 0 Å². The quantitative estimate of drug-likeness (QED) is 0.176. The van der Waals surface area contributed by atoms with Gasteiger partial charge in [0.05, 0.1) is 61.5 Å². The molecule has 0 saturated heterocycles. The Morgan fingerprint density at radius 1 is 0.356 bits per heavy atom. The van der Waals surface area contributed by atoms with Gasteiger partial charge in [0.1, 0.15) is 11.5 Å². The maximum absolute atomic E-state index is 10.2. The average Bonchev–Trinajstić information content (AvgIpc) is 4.17. The Hall–Kier alpha value is -10.0. The van der Waals surface area contributed by atoms with Crippen LogP contribution >= 0.6 is 0 Å². The lowest BCUT2D eigenvalue weighted by Gasteiger charge is -2.39. The third kappa shape index (κ3) is 5.36. The van der Waals surface area contributed by atoms with E-state index in [9.17, 15) is 5.26 Å². The van der Waals surface area contributed by atoms with Gasteiger partial charge in [-0.3, -0.25) is 9.97 Å². The fraction of sp³-hybridized carbons (Fsp3) is 0.0152. The Balaban J connectivity index is 0.867. The Bertz CT molecular complexity index is 4590. The standard InChI is InChI=1S/C66H38N6O/c67-39-40-21-30-60-50(35-40)51-36-41(22-31-61(51)71(60)44-26-24-43(25-27-44)70-56-17-5-1-11-46(56)47-12-2-6-18-57(47)70)42-23-32-62-55(37-42)66(53-15-9-33-68-64(53)65-54(66)16-10-34-69-65)52-29-28-45(38-63(52)73-62)72-58-19-7-3-13-48(58)49-14-4-8-20-59(49)72/h1-38H. The van der Waals surface area contributed by atoms with Crippen LogP contribution < -0.4 is 4.74 Å². The lowest BCUT2D eigenvalue weighted by Crippen LogP contribution is -2.32. The number of nitriles is 1. The maximum atomic E-state index is 10.2. The lowest BCUT2D eigenvalue weighted by molar-refractivity contribution is 0.436. The van der Waals surface area contributed by atoms with E-state index in [1.54, 1.807) is 0 Å². The molecule has 7 nitrogen and oxygen atoms in total. The molecule has 0 atom stereocenters. The van der Waals surface area contributed by atoms with E-state index in [4.69, 9.17) is 14.7 Å². The van der Waals surface area contributed by atoms with Crippen molar-refractivity contribution in [1.82, 2.24) is 23.7 Å². The first-order valence-electron chi connectivity index (χ1n) is 24.6. The summed E-state index contributed by atoms with van der Waals surface area (Å²) in [5.74, 6) is 1.57. The number of pyridine rings is 2. The number of ether oxygens (including phenoxy) is 1. The van der Waals surface area contributed by atoms with Gasteiger partial charge in [0.2, 0.25) is 0 Å². The highest BCUT2D eigenvalue weighted by Gasteiger charge is 2.52. The predicted octanol–water partition coefficient (Wildman–Crippen LogP) is 15.8. The second kappa shape index (κ2) is 14.8. The highest BCUT2D eigenvalue weighted by Crippen LogP contribution is 2.62. The summed E-state index contributed by atoms with van der Waals surface area (Å²) < 4.78 is 14.1. The number of hydrogen-bond donors (Lipinski definition) is 0. The Labute approximate surface area is 418 Å². The number of hydrogen-bond acceptors (Lipinski definition) is 4. The first-order chi connectivity index (χ1) is 36.2. The third-order valence-corrected chi connectivity index (χ3v) is 15.6. The van der Waals surface area contributed by atoms with E-state index in [0.717, 1.165) is 106 Å². The molecule has 1 aliphatic heterocycles. The molecule has 0 saturated carbocycles. The summed E-state index contributed by atoms with van der Waals surface area (Å²) in [6.45, 7) is 0. The lowest BCUT2D eigenvalue weighted by atomic mass is 9.66. The van der Waals surface area contributed by atoms with E-state index in [0.29, 0.717) is 5.56 Å². The van der Waals surface area contributed by atoms with E-state index in [-0.39, 0.29) is 0 Å². The number of rotatable bonds is 4. The molecule has 0 radical (unpaired) electrons. The molecule has 1 aliphatic carbocycles. The number of para-hydroxylation sites is 4. The van der Waals surface area contributed by atoms with Crippen LogP contribution in [-0.4, -0.2) is 23.7 Å². The highest BCUT2D eigenvalue weighted by atomic mass is 16.5. The van der Waals surface area contributed by atoms with Gasteiger partial charge in [-0.2, -0.15) is 5.26 Å². The van der Waals surface area contributed by atoms with Gasteiger partial charge >= 0.3 is 0 Å². The summed E-state index contributed by atoms with van der Waals surface area (Å²) in [6.07, 6.45) is 3.73. The van der Waals surface area contributed by atoms with Crippen molar-refractivity contribution in [2.24, 2.45) is 0 Å². The van der Waals surface area contributed by atoms with Crippen LogP contribution in [0, 0.1) is 11.3 Å². The smallest absolute Gasteiger partial charge is 0.134 e. The van der Waals surface area contributed by atoms with Gasteiger partial charge in [-0.1, -0.05) is 103 Å². The highest BCUT2D eigenvalue weighted by molar-refractivity contribution is 6.12. The van der Waals surface area contributed by atoms with Crippen molar-refractivity contribution in [2.45, 2.75) is 5.41 Å². The summed E-state index contributed by atoms with van der Waals surface area (Å²) in [5.41, 5.74) is 17.8. The second-order valence-corrected chi connectivity index (χ2v) is 19.2. The van der Waals surface area contributed by atoms with Crippen molar-refractivity contribution in [3.8, 4) is 57.1 Å². The SMILES string of the molecule is N#Cc1ccc2c(c1)c1cc(-c3ccc4c(c3)C3(c5ccc(-n6c7ccccc7c7ccccc76)cc5O4)c4cccnc4-c4ncccc43)ccc1n2-c1ccc(-n2c3ccccc3c3ccccc32)cc1. The summed E-state index contributed by atoms with van der Waals surface area (Å²) in [5, 5.41) is 17.2. The predicted molar refractivity (Wildman–Crippen MR) is 293 cm³/mol. The Morgan fingerprint density at radius 2 is 0.822 bits per heavy atom. The van der Waals surface area contributed by atoms with Crippen LogP contribution in [0.2, 0.25) is 0 Å². The molecule has 16 rings (SSSR count). The zero-order valence-corrected chi connectivity index (χ0v) is 39.0. The molecule has 14 aromatic rings. The van der Waals surface area contributed by atoms with Crippen LogP contribution in [0.15, 0.2) is 231 Å². The van der Waals surface area contributed by atoms with Crippen LogP contribution in [-0.2, 0) is 5.41 Å². The molecule has 73 heavy (non-hydrogen) atoms. The number of fused-ring (bicyclic) bond motifs is 18. The van der Waals surface area contributed by atoms with Crippen LogP contribution in [0.5, 0.6) is 11.5 Å². The molecule has 0 amide bonds. The van der Waals surface area contributed by atoms with Gasteiger partial charge < -0.3 is 18.4 Å². The molecule has 338 valence electrons. The molecule has 0 fully saturated rings. The zero-order valence-electron chi connectivity index (χ0n) is 39.0. The monoisotopic (exact) mass is 930 g/mol. The van der Waals surface area contributed by atoms with E-state index in [1.165, 1.54) is 32.6 Å². The molecule has 0 N–H and O–H groups in total. The largest absolute Gasteiger partial charge is 0.457 e. The summed E-state index contributed by atoms with van der Waals surface area (Å²) in [4.78, 5) is 10.0. The van der Waals surface area contributed by atoms with Crippen molar-refractivity contribution in [2.75, 3.05) is 0 Å². The van der Waals surface area contributed by atoms with E-state index in [1.807, 2.05) is 36.7 Å². The molecule has 6 heterocycles. The summed E-state index contributed by atoms with van der Waals surface area (Å²) in [7, 11) is 0. The maximum Gasteiger partial charge on any atom is 0.134 e. The molecule has 0 unspecified atom stereocenters. The van der Waals surface area contributed by atoms with Gasteiger partial charge in [0.25, 0.3) is 0 Å². The molecule has 7 heteroatoms. The molecule has 2 aliphatic rings. The zero-order chi connectivity index (χ0) is 47.9. The molecule has 1 spiro atoms. The number of aromatic nitrogens is 5. The first-order valence-corrected chi connectivity index (χ1v) is 24.6. The van der Waals surface area contributed by atoms with E-state index < -0.39 is 5.41 Å². The van der Waals surface area contributed by atoms with Gasteiger partial charge in [-0.15, -0.1) is 0 Å². The third-order valence-electron chi connectivity index (χ3n) is 15.6. The minimum absolute atomic E-state index is 0.618. The van der Waals surface area contributed by atoms with Crippen molar-refractivity contribution >= 4 is 65.4 Å². The summed E-state index contributed by atoms with van der Waals surface area (Å²) in [6, 6.07) is 80.2. The normalized spacial score (nSPS) is 13.1. The van der Waals surface area contributed by atoms with Crippen molar-refractivity contribution in [1.29, 1.82) is 5.26 Å². The second-order valence-electron chi connectivity index (χ2n) is 19.2. The van der Waals surface area contributed by atoms with Gasteiger partial charge in [0.15, 0.2) is 0 Å². The van der Waals surface area contributed by atoms with Gasteiger partial charge in [-0.05, 0) is 131 Å². The molecular weight excluding hydrogens is 893 g/mol. The first kappa shape index (κ1) is 39.8. The number of benzene rings is 9. The average molecular weight is 931 g/mol. The Kier molecular flexibility index (Phi) is 8.04. The van der Waals surface area contributed by atoms with Crippen LogP contribution in [0.25, 0.3) is 105 Å². The molecule has 9 aromatic carbocycles. The van der Waals surface area contributed by atoms with Crippen molar-refractivity contribution in [3.05, 3.63) is 259 Å². The molecule has 0 bridgehead atoms. The van der Waals surface area contributed by atoms with E-state index >= 15 is 0 Å². The van der Waals surface area contributed by atoms with Crippen molar-refractivity contribution < 1.29 is 4.74 Å². The Morgan fingerprint density at radius 3 is 1.38 bits per heavy atom. The fourth-order valence-electron chi connectivity index (χ4n) is 12.6. The van der Waals surface area contributed by atoms with E-state index in [2.05, 4.69) is 214 Å². The van der Waals surface area contributed by atoms with Gasteiger partial charge in [-0.25, -0.2) is 0 Å². The van der Waals surface area contributed by atoms with Crippen molar-refractivity contribution in [3.63, 3.8) is 0 Å². The van der Waals surface area contributed by atoms with Crippen LogP contribution in [0.1, 0.15) is 27.8 Å². The fourth-order valence-corrected chi connectivity index (χ4v) is 12.6. The minimum atomic E-state index is -0.779. The minimum Gasteiger partial charge on any atom is -0.457 e.